The highest BCUT2D eigenvalue weighted by atomic mass is 32.2. The number of amides is 4. The van der Waals surface area contributed by atoms with E-state index in [9.17, 15) is 19.2 Å². The molecule has 1 saturated heterocycles. The van der Waals surface area contributed by atoms with Gasteiger partial charge in [-0.25, -0.2) is 4.79 Å². The van der Waals surface area contributed by atoms with E-state index in [2.05, 4.69) is 28.9 Å². The highest BCUT2D eigenvalue weighted by molar-refractivity contribution is 8.04. The van der Waals surface area contributed by atoms with E-state index in [0.717, 1.165) is 51.4 Å². The number of allylic oxidation sites excluding steroid dienone is 4. The number of rotatable bonds is 18. The second-order valence-corrected chi connectivity index (χ2v) is 13.6. The molecule has 266 valence electrons. The van der Waals surface area contributed by atoms with Gasteiger partial charge < -0.3 is 29.6 Å². The minimum absolute atomic E-state index is 0.0261. The normalized spacial score (nSPS) is 23.1. The number of thioether (sulfide) groups is 1. The van der Waals surface area contributed by atoms with Crippen molar-refractivity contribution in [3.8, 4) is 0 Å². The summed E-state index contributed by atoms with van der Waals surface area (Å²) in [6.45, 7) is 3.12. The molecule has 0 saturated carbocycles. The van der Waals surface area contributed by atoms with Crippen LogP contribution in [0.1, 0.15) is 103 Å². The van der Waals surface area contributed by atoms with Crippen LogP contribution in [-0.2, 0) is 33.3 Å². The minimum Gasteiger partial charge on any atom is -0.446 e. The zero-order valence-electron chi connectivity index (χ0n) is 28.2. The van der Waals surface area contributed by atoms with Gasteiger partial charge in [0.15, 0.2) is 0 Å². The van der Waals surface area contributed by atoms with Gasteiger partial charge in [0.05, 0.1) is 44.9 Å². The van der Waals surface area contributed by atoms with Gasteiger partial charge in [-0.2, -0.15) is 0 Å². The van der Waals surface area contributed by atoms with E-state index in [1.165, 1.54) is 48.3 Å². The molecule has 0 bridgehead atoms. The molecule has 1 aliphatic heterocycles. The van der Waals surface area contributed by atoms with Crippen molar-refractivity contribution in [3.63, 3.8) is 0 Å². The Hall–Kier alpha value is -2.41. The molecule has 2 atom stereocenters. The molecular formula is C35H57N3O8S. The summed E-state index contributed by atoms with van der Waals surface area (Å²) in [6.07, 6.45) is 21.9. The van der Waals surface area contributed by atoms with E-state index in [1.54, 1.807) is 11.8 Å². The van der Waals surface area contributed by atoms with Gasteiger partial charge >= 0.3 is 6.09 Å². The lowest BCUT2D eigenvalue weighted by atomic mass is 10.0. The molecule has 47 heavy (non-hydrogen) atoms. The van der Waals surface area contributed by atoms with Crippen molar-refractivity contribution in [2.24, 2.45) is 0 Å². The SMILES string of the molecule is O=C(CCN1C(=O)CC(S/C2=C/CCCCCCCCC2)C1=O)NCCOCCOCCOCCNC(=O)OC1CC/C=C/CCC1. The van der Waals surface area contributed by atoms with Crippen LogP contribution in [-0.4, -0.2) is 99.3 Å². The fraction of sp³-hybridized carbons (Fsp3) is 0.771. The van der Waals surface area contributed by atoms with E-state index >= 15 is 0 Å². The van der Waals surface area contributed by atoms with Gasteiger partial charge in [-0.05, 0) is 62.7 Å². The number of hydrogen-bond donors (Lipinski definition) is 2. The smallest absolute Gasteiger partial charge is 0.407 e. The maximum atomic E-state index is 13.0. The van der Waals surface area contributed by atoms with Crippen molar-refractivity contribution in [3.05, 3.63) is 23.1 Å². The highest BCUT2D eigenvalue weighted by Crippen LogP contribution is 2.34. The molecule has 0 aromatic heterocycles. The van der Waals surface area contributed by atoms with Crippen LogP contribution in [0.15, 0.2) is 23.1 Å². The molecule has 0 aromatic carbocycles. The Bertz CT molecular complexity index is 1010. The number of nitrogens with one attached hydrogen (secondary N) is 2. The van der Waals surface area contributed by atoms with Gasteiger partial charge in [0, 0.05) is 32.5 Å². The molecule has 2 N–H and O–H groups in total. The third-order valence-electron chi connectivity index (χ3n) is 8.38. The summed E-state index contributed by atoms with van der Waals surface area (Å²) < 4.78 is 21.9. The summed E-state index contributed by atoms with van der Waals surface area (Å²) >= 11 is 1.56. The molecule has 0 spiro atoms. The zero-order valence-corrected chi connectivity index (χ0v) is 29.0. The monoisotopic (exact) mass is 679 g/mol. The fourth-order valence-electron chi connectivity index (χ4n) is 5.73. The molecule has 3 aliphatic rings. The molecule has 2 unspecified atom stereocenters. The van der Waals surface area contributed by atoms with Gasteiger partial charge in [-0.3, -0.25) is 19.3 Å². The van der Waals surface area contributed by atoms with Crippen molar-refractivity contribution in [1.29, 1.82) is 0 Å². The Morgan fingerprint density at radius 1 is 0.766 bits per heavy atom. The predicted molar refractivity (Wildman–Crippen MR) is 183 cm³/mol. The lowest BCUT2D eigenvalue weighted by molar-refractivity contribution is -0.138. The van der Waals surface area contributed by atoms with Crippen molar-refractivity contribution in [1.82, 2.24) is 15.5 Å². The largest absolute Gasteiger partial charge is 0.446 e. The number of imide groups is 1. The number of nitrogens with zero attached hydrogens (tertiary/aromatic N) is 1. The Morgan fingerprint density at radius 3 is 2.19 bits per heavy atom. The van der Waals surface area contributed by atoms with Crippen LogP contribution < -0.4 is 10.6 Å². The van der Waals surface area contributed by atoms with Crippen LogP contribution >= 0.6 is 11.8 Å². The first-order valence-corrected chi connectivity index (χ1v) is 18.7. The van der Waals surface area contributed by atoms with E-state index in [4.69, 9.17) is 18.9 Å². The van der Waals surface area contributed by atoms with Gasteiger partial charge in [-0.15, -0.1) is 11.8 Å². The van der Waals surface area contributed by atoms with Gasteiger partial charge in [0.25, 0.3) is 0 Å². The third kappa shape index (κ3) is 17.5. The first-order valence-electron chi connectivity index (χ1n) is 17.8. The van der Waals surface area contributed by atoms with E-state index in [0.29, 0.717) is 52.7 Å². The quantitative estimate of drug-likeness (QED) is 0.111. The summed E-state index contributed by atoms with van der Waals surface area (Å²) in [6, 6.07) is 0. The number of ether oxygens (including phenoxy) is 4. The number of likely N-dealkylation sites (tertiary alicyclic amines) is 1. The van der Waals surface area contributed by atoms with Crippen LogP contribution in [0.3, 0.4) is 0 Å². The van der Waals surface area contributed by atoms with E-state index in [-0.39, 0.29) is 48.5 Å². The second-order valence-electron chi connectivity index (χ2n) is 12.2. The molecule has 1 heterocycles. The summed E-state index contributed by atoms with van der Waals surface area (Å²) in [4.78, 5) is 52.3. The minimum atomic E-state index is -0.397. The first kappa shape index (κ1) is 39.0. The maximum Gasteiger partial charge on any atom is 0.407 e. The Balaban J connectivity index is 1.13. The highest BCUT2D eigenvalue weighted by Gasteiger charge is 2.39. The standard InChI is InChI=1S/C35H57N3O8S/c39-32(18-21-38-33(40)28-31(34(38)41)47-30-16-12-8-3-1-2-4-9-13-17-30)36-19-22-43-24-26-45-27-25-44-23-20-37-35(42)46-29-14-10-6-5-7-11-15-29/h5-6,16,29,31H,1-4,7-15,17-28H2,(H,36,39)(H,37,42)/b6-5+,30-16+. The Morgan fingerprint density at radius 2 is 1.43 bits per heavy atom. The third-order valence-corrected chi connectivity index (χ3v) is 9.71. The number of carbonyl (C=O) groups is 4. The molecule has 2 aliphatic carbocycles. The lowest BCUT2D eigenvalue weighted by Gasteiger charge is -2.18. The zero-order chi connectivity index (χ0) is 33.4. The lowest BCUT2D eigenvalue weighted by Crippen LogP contribution is -2.36. The average molecular weight is 680 g/mol. The van der Waals surface area contributed by atoms with Crippen LogP contribution in [0, 0.1) is 0 Å². The van der Waals surface area contributed by atoms with E-state index in [1.807, 2.05) is 0 Å². The van der Waals surface area contributed by atoms with Gasteiger partial charge in [-0.1, -0.05) is 50.3 Å². The molecule has 1 fully saturated rings. The van der Waals surface area contributed by atoms with Gasteiger partial charge in [0.2, 0.25) is 17.7 Å². The van der Waals surface area contributed by atoms with Crippen LogP contribution in [0.5, 0.6) is 0 Å². The molecule has 0 aromatic rings. The van der Waals surface area contributed by atoms with Crippen molar-refractivity contribution < 1.29 is 38.1 Å². The van der Waals surface area contributed by atoms with Crippen molar-refractivity contribution in [2.45, 2.75) is 114 Å². The molecule has 0 radical (unpaired) electrons. The van der Waals surface area contributed by atoms with Crippen LogP contribution in [0.2, 0.25) is 0 Å². The maximum absolute atomic E-state index is 13.0. The predicted octanol–water partition coefficient (Wildman–Crippen LogP) is 5.43. The van der Waals surface area contributed by atoms with E-state index < -0.39 is 6.09 Å². The molecule has 12 heteroatoms. The van der Waals surface area contributed by atoms with Crippen molar-refractivity contribution >= 4 is 35.6 Å². The summed E-state index contributed by atoms with van der Waals surface area (Å²) in [5.41, 5.74) is 0. The van der Waals surface area contributed by atoms with Crippen LogP contribution in [0.4, 0.5) is 4.79 Å². The number of hydrogen-bond acceptors (Lipinski definition) is 9. The molecule has 3 rings (SSSR count). The summed E-state index contributed by atoms with van der Waals surface area (Å²) in [7, 11) is 0. The number of carbonyl (C=O) groups excluding carboxylic acids is 4. The number of alkyl carbamates (subject to hydrolysis) is 1. The average Bonchev–Trinajstić information content (AvgIpc) is 3.27. The first-order chi connectivity index (χ1) is 23.0. The Kier molecular flexibility index (Phi) is 20.5. The molecule has 4 amide bonds. The molecular weight excluding hydrogens is 622 g/mol. The van der Waals surface area contributed by atoms with Gasteiger partial charge in [0.1, 0.15) is 6.10 Å². The van der Waals surface area contributed by atoms with Crippen molar-refractivity contribution in [2.75, 3.05) is 59.3 Å². The fourth-order valence-corrected chi connectivity index (χ4v) is 7.03. The second kappa shape index (κ2) is 24.7. The summed E-state index contributed by atoms with van der Waals surface area (Å²) in [5, 5.41) is 5.12. The molecule has 11 nitrogen and oxygen atoms in total. The van der Waals surface area contributed by atoms with Crippen LogP contribution in [0.25, 0.3) is 0 Å². The Labute approximate surface area is 285 Å². The topological polar surface area (TPSA) is 132 Å². The summed E-state index contributed by atoms with van der Waals surface area (Å²) in [5.74, 6) is -0.585.